The van der Waals surface area contributed by atoms with Crippen molar-refractivity contribution in [2.75, 3.05) is 64.4 Å². The lowest BCUT2D eigenvalue weighted by molar-refractivity contribution is -0.0139. The molecule has 0 atom stereocenters. The van der Waals surface area contributed by atoms with Crippen LogP contribution in [0.1, 0.15) is 57.4 Å². The van der Waals surface area contributed by atoms with Gasteiger partial charge in [0.1, 0.15) is 0 Å². The van der Waals surface area contributed by atoms with Gasteiger partial charge in [-0.05, 0) is 82.7 Å². The van der Waals surface area contributed by atoms with E-state index in [-0.39, 0.29) is 29.5 Å². The normalized spacial score (nSPS) is 21.5. The highest BCUT2D eigenvalue weighted by Crippen LogP contribution is 2.31. The number of nitrogens with one attached hydrogen (secondary N) is 1. The fourth-order valence-electron chi connectivity index (χ4n) is 5.52. The quantitative estimate of drug-likeness (QED) is 0.301. The molecule has 4 rings (SSSR count). The van der Waals surface area contributed by atoms with Gasteiger partial charge in [-0.15, -0.1) is 24.0 Å². The maximum Gasteiger partial charge on any atom is 0.194 e. The van der Waals surface area contributed by atoms with Crippen LogP contribution in [0.3, 0.4) is 0 Å². The Labute approximate surface area is 218 Å². The fraction of sp³-hybridized carbons (Fsp3) is 0.731. The molecule has 0 spiro atoms. The molecule has 186 valence electrons. The number of hydrogen-bond donors (Lipinski definition) is 1. The second kappa shape index (κ2) is 13.1. The molecule has 3 heterocycles. The van der Waals surface area contributed by atoms with Gasteiger partial charge >= 0.3 is 0 Å². The number of likely N-dealkylation sites (tertiary alicyclic amines) is 1. The molecule has 0 saturated carbocycles. The number of benzene rings is 1. The molecule has 0 radical (unpaired) electrons. The number of guanidine groups is 1. The van der Waals surface area contributed by atoms with E-state index in [9.17, 15) is 0 Å². The van der Waals surface area contributed by atoms with Crippen LogP contribution in [-0.2, 0) is 11.3 Å². The summed E-state index contributed by atoms with van der Waals surface area (Å²) in [6, 6.07) is 9.16. The molecule has 0 amide bonds. The summed E-state index contributed by atoms with van der Waals surface area (Å²) in [7, 11) is 2.16. The van der Waals surface area contributed by atoms with E-state index in [1.165, 1.54) is 69.5 Å². The summed E-state index contributed by atoms with van der Waals surface area (Å²) >= 11 is 0. The third-order valence-electron chi connectivity index (χ3n) is 7.50. The Morgan fingerprint density at radius 1 is 1.00 bits per heavy atom. The van der Waals surface area contributed by atoms with Crippen molar-refractivity contribution < 1.29 is 4.74 Å². The first-order valence-electron chi connectivity index (χ1n) is 12.9. The molecular weight excluding hydrogens is 525 g/mol. The predicted octanol–water partition coefficient (Wildman–Crippen LogP) is 4.34. The lowest BCUT2D eigenvalue weighted by Crippen LogP contribution is -2.54. The Morgan fingerprint density at radius 2 is 1.64 bits per heavy atom. The summed E-state index contributed by atoms with van der Waals surface area (Å²) in [5.41, 5.74) is 2.87. The first-order chi connectivity index (χ1) is 15.7. The lowest BCUT2D eigenvalue weighted by Gasteiger charge is -2.43. The van der Waals surface area contributed by atoms with Gasteiger partial charge in [-0.2, -0.15) is 0 Å². The average molecular weight is 570 g/mol. The van der Waals surface area contributed by atoms with Crippen LogP contribution in [0.2, 0.25) is 0 Å². The summed E-state index contributed by atoms with van der Waals surface area (Å²) in [6.45, 7) is 11.3. The smallest absolute Gasteiger partial charge is 0.194 e. The number of piperidine rings is 1. The van der Waals surface area contributed by atoms with Crippen molar-refractivity contribution in [1.29, 1.82) is 0 Å². The average Bonchev–Trinajstić information content (AvgIpc) is 3.39. The third-order valence-corrected chi connectivity index (χ3v) is 7.50. The first-order valence-corrected chi connectivity index (χ1v) is 12.9. The number of aliphatic imine (C=N–C) groups is 1. The molecule has 3 fully saturated rings. The molecule has 33 heavy (non-hydrogen) atoms. The fourth-order valence-corrected chi connectivity index (χ4v) is 5.52. The third kappa shape index (κ3) is 6.98. The predicted molar refractivity (Wildman–Crippen MR) is 149 cm³/mol. The number of nitrogens with zero attached hydrogens (tertiary/aromatic N) is 4. The van der Waals surface area contributed by atoms with E-state index in [2.05, 4.69) is 58.3 Å². The molecule has 1 aromatic carbocycles. The van der Waals surface area contributed by atoms with Crippen LogP contribution in [0, 0.1) is 0 Å². The molecule has 0 unspecified atom stereocenters. The maximum absolute atomic E-state index is 5.71. The molecule has 3 saturated heterocycles. The van der Waals surface area contributed by atoms with Gasteiger partial charge in [0.15, 0.2) is 5.96 Å². The SMILES string of the molecule is CCNC(=NCC1(N2CCCC2)CCOCC1)N(C)Cc1ccc(N2CCCCC2)cc1.I. The molecule has 1 aromatic rings. The van der Waals surface area contributed by atoms with Crippen molar-refractivity contribution in [3.8, 4) is 0 Å². The highest BCUT2D eigenvalue weighted by atomic mass is 127. The second-order valence-corrected chi connectivity index (χ2v) is 9.77. The van der Waals surface area contributed by atoms with E-state index < -0.39 is 0 Å². The van der Waals surface area contributed by atoms with E-state index in [0.29, 0.717) is 0 Å². The Kier molecular flexibility index (Phi) is 10.6. The lowest BCUT2D eigenvalue weighted by atomic mass is 9.88. The molecule has 1 N–H and O–H groups in total. The van der Waals surface area contributed by atoms with Gasteiger partial charge in [-0.3, -0.25) is 9.89 Å². The number of anilines is 1. The molecule has 0 bridgehead atoms. The molecule has 3 aliphatic rings. The summed E-state index contributed by atoms with van der Waals surface area (Å²) in [4.78, 5) is 12.7. The molecule has 6 nitrogen and oxygen atoms in total. The largest absolute Gasteiger partial charge is 0.381 e. The van der Waals surface area contributed by atoms with Crippen LogP contribution in [0.5, 0.6) is 0 Å². The summed E-state index contributed by atoms with van der Waals surface area (Å²) < 4.78 is 5.71. The standard InChI is InChI=1S/C26H43N5O.HI/c1-3-27-25(28-22-26(13-19-32-20-14-26)31-17-7-8-18-31)29(2)21-23-9-11-24(12-10-23)30-15-5-4-6-16-30;/h9-12H,3-8,13-22H2,1-2H3,(H,27,28);1H. The van der Waals surface area contributed by atoms with Crippen molar-refractivity contribution in [2.24, 2.45) is 4.99 Å². The van der Waals surface area contributed by atoms with Gasteiger partial charge in [0, 0.05) is 57.7 Å². The van der Waals surface area contributed by atoms with Crippen LogP contribution >= 0.6 is 24.0 Å². The van der Waals surface area contributed by atoms with E-state index in [1.807, 2.05) is 0 Å². The van der Waals surface area contributed by atoms with Crippen molar-refractivity contribution in [1.82, 2.24) is 15.1 Å². The maximum atomic E-state index is 5.71. The van der Waals surface area contributed by atoms with Crippen molar-refractivity contribution in [2.45, 2.75) is 64.0 Å². The number of ether oxygens (including phenoxy) is 1. The summed E-state index contributed by atoms with van der Waals surface area (Å²) in [5, 5.41) is 3.53. The van der Waals surface area contributed by atoms with Crippen LogP contribution < -0.4 is 10.2 Å². The molecule has 3 aliphatic heterocycles. The monoisotopic (exact) mass is 569 g/mol. The summed E-state index contributed by atoms with van der Waals surface area (Å²) in [5.74, 6) is 1.01. The van der Waals surface area contributed by atoms with E-state index in [0.717, 1.165) is 51.6 Å². The molecular formula is C26H44IN5O. The number of rotatable bonds is 7. The van der Waals surface area contributed by atoms with Crippen molar-refractivity contribution >= 4 is 35.6 Å². The molecule has 0 aromatic heterocycles. The second-order valence-electron chi connectivity index (χ2n) is 9.77. The zero-order chi connectivity index (χ0) is 22.2. The zero-order valence-electron chi connectivity index (χ0n) is 20.7. The van der Waals surface area contributed by atoms with E-state index >= 15 is 0 Å². The van der Waals surface area contributed by atoms with Crippen LogP contribution in [0.25, 0.3) is 0 Å². The van der Waals surface area contributed by atoms with Gasteiger partial charge in [-0.1, -0.05) is 12.1 Å². The minimum Gasteiger partial charge on any atom is -0.381 e. The van der Waals surface area contributed by atoms with Gasteiger partial charge in [0.25, 0.3) is 0 Å². The van der Waals surface area contributed by atoms with Crippen LogP contribution in [0.15, 0.2) is 29.3 Å². The van der Waals surface area contributed by atoms with Crippen molar-refractivity contribution in [3.05, 3.63) is 29.8 Å². The number of halogens is 1. The Morgan fingerprint density at radius 3 is 2.27 bits per heavy atom. The van der Waals surface area contributed by atoms with Gasteiger partial charge in [0.05, 0.1) is 6.54 Å². The van der Waals surface area contributed by atoms with Crippen LogP contribution in [-0.4, -0.2) is 80.8 Å². The molecule has 0 aliphatic carbocycles. The van der Waals surface area contributed by atoms with Gasteiger partial charge in [-0.25, -0.2) is 0 Å². The van der Waals surface area contributed by atoms with Gasteiger partial charge in [0.2, 0.25) is 0 Å². The highest BCUT2D eigenvalue weighted by Gasteiger charge is 2.39. The van der Waals surface area contributed by atoms with E-state index in [1.54, 1.807) is 0 Å². The van der Waals surface area contributed by atoms with E-state index in [4.69, 9.17) is 9.73 Å². The zero-order valence-corrected chi connectivity index (χ0v) is 23.1. The minimum atomic E-state index is 0. The Balaban J connectivity index is 0.00000306. The Hall–Kier alpha value is -1.06. The first kappa shape index (κ1) is 26.5. The van der Waals surface area contributed by atoms with Gasteiger partial charge < -0.3 is 19.9 Å². The topological polar surface area (TPSA) is 43.3 Å². The van der Waals surface area contributed by atoms with Crippen LogP contribution in [0.4, 0.5) is 5.69 Å². The highest BCUT2D eigenvalue weighted by molar-refractivity contribution is 14.0. The Bertz CT molecular complexity index is 723. The summed E-state index contributed by atoms with van der Waals surface area (Å²) in [6.07, 6.45) is 8.84. The van der Waals surface area contributed by atoms with Crippen molar-refractivity contribution in [3.63, 3.8) is 0 Å². The molecule has 7 heteroatoms. The number of hydrogen-bond acceptors (Lipinski definition) is 4. The minimum absolute atomic E-state index is 0.